The third-order valence-corrected chi connectivity index (χ3v) is 7.29. The van der Waals surface area contributed by atoms with Gasteiger partial charge < -0.3 is 15.4 Å². The van der Waals surface area contributed by atoms with Gasteiger partial charge in [-0.2, -0.15) is 0 Å². The first kappa shape index (κ1) is 34.5. The van der Waals surface area contributed by atoms with E-state index in [4.69, 9.17) is 0 Å². The van der Waals surface area contributed by atoms with E-state index in [-0.39, 0.29) is 17.8 Å². The zero-order chi connectivity index (χ0) is 28.9. The molecule has 0 radical (unpaired) electrons. The maximum atomic E-state index is 12.2. The molecule has 2 rings (SSSR count). The van der Waals surface area contributed by atoms with E-state index in [0.29, 0.717) is 18.1 Å². The molecule has 0 fully saturated rings. The summed E-state index contributed by atoms with van der Waals surface area (Å²) in [6, 6.07) is 18.9. The van der Waals surface area contributed by atoms with Crippen molar-refractivity contribution in [2.45, 2.75) is 117 Å². The van der Waals surface area contributed by atoms with Gasteiger partial charge in [-0.05, 0) is 44.4 Å². The molecule has 3 atom stereocenters. The van der Waals surface area contributed by atoms with Crippen LogP contribution in [0.25, 0.3) is 0 Å². The number of Topliss-reactive ketones (excluding diaryl/α,β-unsaturated/α-hetero) is 1. The minimum absolute atomic E-state index is 0.168. The van der Waals surface area contributed by atoms with Gasteiger partial charge in [0.05, 0.1) is 6.10 Å². The van der Waals surface area contributed by atoms with E-state index in [1.54, 1.807) is 0 Å². The van der Waals surface area contributed by atoms with Crippen LogP contribution < -0.4 is 0 Å². The van der Waals surface area contributed by atoms with E-state index >= 15 is 0 Å². The summed E-state index contributed by atoms with van der Waals surface area (Å²) < 4.78 is 0. The second-order valence-electron chi connectivity index (χ2n) is 10.8. The Bertz CT molecular complexity index is 890. The molecule has 5 heteroatoms. The number of hydrogen-bond donors (Lipinski definition) is 3. The van der Waals surface area contributed by atoms with Crippen LogP contribution in [0.15, 0.2) is 65.8 Å². The summed E-state index contributed by atoms with van der Waals surface area (Å²) in [6.45, 7) is 8.30. The minimum atomic E-state index is -0.694. The van der Waals surface area contributed by atoms with Crippen LogP contribution in [0, 0.1) is 11.8 Å². The fourth-order valence-corrected chi connectivity index (χ4v) is 4.83. The fourth-order valence-electron chi connectivity index (χ4n) is 4.83. The number of aliphatic hydroxyl groups is 2. The highest BCUT2D eigenvalue weighted by Gasteiger charge is 2.25. The molecule has 3 unspecified atom stereocenters. The van der Waals surface area contributed by atoms with Crippen LogP contribution in [0.1, 0.15) is 121 Å². The molecule has 3 N–H and O–H groups in total. The first-order chi connectivity index (χ1) is 18.9. The van der Waals surface area contributed by atoms with Crippen LogP contribution >= 0.6 is 0 Å². The molecule has 0 spiro atoms. The van der Waals surface area contributed by atoms with Crippen LogP contribution in [0.5, 0.6) is 0 Å². The van der Waals surface area contributed by atoms with Crippen molar-refractivity contribution in [2.75, 3.05) is 0 Å². The van der Waals surface area contributed by atoms with Crippen molar-refractivity contribution in [3.8, 4) is 0 Å². The van der Waals surface area contributed by atoms with E-state index in [1.807, 2.05) is 67.6 Å². The number of nitrogens with zero attached hydrogens (tertiary/aromatic N) is 1. The molecule has 0 aromatic heterocycles. The normalized spacial score (nSPS) is 13.9. The molecule has 218 valence electrons. The van der Waals surface area contributed by atoms with E-state index < -0.39 is 6.10 Å². The van der Waals surface area contributed by atoms with Gasteiger partial charge in [0.15, 0.2) is 5.78 Å². The molecular formula is C34H53NO4. The smallest absolute Gasteiger partial charge is 0.163 e. The van der Waals surface area contributed by atoms with Gasteiger partial charge in [0.25, 0.3) is 0 Å². The highest BCUT2D eigenvalue weighted by molar-refractivity contribution is 6.03. The zero-order valence-electron chi connectivity index (χ0n) is 24.8. The number of carbonyl (C=O) groups is 1. The third-order valence-electron chi connectivity index (χ3n) is 7.29. The number of rotatable bonds is 18. The van der Waals surface area contributed by atoms with Crippen molar-refractivity contribution in [3.05, 3.63) is 71.8 Å². The molecule has 39 heavy (non-hydrogen) atoms. The highest BCUT2D eigenvalue weighted by Crippen LogP contribution is 2.24. The molecular weight excluding hydrogens is 486 g/mol. The summed E-state index contributed by atoms with van der Waals surface area (Å²) in [4.78, 5) is 12.2. The molecule has 0 amide bonds. The monoisotopic (exact) mass is 539 g/mol. The van der Waals surface area contributed by atoms with Crippen molar-refractivity contribution in [3.63, 3.8) is 0 Å². The Morgan fingerprint density at radius 2 is 1.21 bits per heavy atom. The van der Waals surface area contributed by atoms with Gasteiger partial charge in [0.2, 0.25) is 0 Å². The number of unbranched alkanes of at least 4 members (excludes halogenated alkanes) is 3. The zero-order valence-corrected chi connectivity index (χ0v) is 24.8. The predicted octanol–water partition coefficient (Wildman–Crippen LogP) is 8.45. The average molecular weight is 540 g/mol. The highest BCUT2D eigenvalue weighted by atomic mass is 16.4. The van der Waals surface area contributed by atoms with Crippen LogP contribution in [0.2, 0.25) is 0 Å². The summed E-state index contributed by atoms with van der Waals surface area (Å²) in [6.07, 6.45) is 11.2. The van der Waals surface area contributed by atoms with Crippen molar-refractivity contribution >= 4 is 11.5 Å². The van der Waals surface area contributed by atoms with Crippen molar-refractivity contribution in [1.29, 1.82) is 0 Å². The number of hydrogen-bond acceptors (Lipinski definition) is 5. The quantitative estimate of drug-likeness (QED) is 0.0767. The van der Waals surface area contributed by atoms with Gasteiger partial charge in [-0.15, -0.1) is 0 Å². The van der Waals surface area contributed by atoms with Crippen LogP contribution in [0.3, 0.4) is 0 Å². The lowest BCUT2D eigenvalue weighted by molar-refractivity contribution is 0.0946. The Labute approximate surface area is 237 Å². The number of aliphatic hydroxyl groups excluding tert-OH is 2. The van der Waals surface area contributed by atoms with Crippen molar-refractivity contribution in [2.24, 2.45) is 17.0 Å². The maximum absolute atomic E-state index is 12.2. The first-order valence-electron chi connectivity index (χ1n) is 15.1. The molecule has 2 aromatic carbocycles. The lowest BCUT2D eigenvalue weighted by Gasteiger charge is -2.23. The van der Waals surface area contributed by atoms with Gasteiger partial charge in [0, 0.05) is 17.5 Å². The Hall–Kier alpha value is -2.50. The van der Waals surface area contributed by atoms with Crippen LogP contribution in [-0.4, -0.2) is 39.1 Å². The first-order valence-corrected chi connectivity index (χ1v) is 15.1. The van der Waals surface area contributed by atoms with Crippen molar-refractivity contribution < 1.29 is 20.2 Å². The molecule has 0 saturated heterocycles. The van der Waals surface area contributed by atoms with E-state index in [9.17, 15) is 20.2 Å². The second-order valence-corrected chi connectivity index (χ2v) is 10.8. The summed E-state index contributed by atoms with van der Waals surface area (Å²) in [7, 11) is 0. The lowest BCUT2D eigenvalue weighted by atomic mass is 9.86. The molecule has 0 bridgehead atoms. The Kier molecular flexibility index (Phi) is 18.9. The Morgan fingerprint density at radius 1 is 0.718 bits per heavy atom. The topological polar surface area (TPSA) is 90.1 Å². The molecule has 0 saturated carbocycles. The molecule has 2 aromatic rings. The second kappa shape index (κ2) is 21.3. The Morgan fingerprint density at radius 3 is 1.67 bits per heavy atom. The number of ketones is 1. The van der Waals surface area contributed by atoms with Gasteiger partial charge >= 0.3 is 0 Å². The van der Waals surface area contributed by atoms with E-state index in [2.05, 4.69) is 25.9 Å². The molecule has 0 aliphatic rings. The lowest BCUT2D eigenvalue weighted by Crippen LogP contribution is -2.30. The van der Waals surface area contributed by atoms with Crippen LogP contribution in [-0.2, 0) is 0 Å². The molecule has 0 aliphatic heterocycles. The van der Waals surface area contributed by atoms with Gasteiger partial charge in [-0.3, -0.25) is 4.79 Å². The van der Waals surface area contributed by atoms with E-state index in [1.165, 1.54) is 0 Å². The molecule has 0 aliphatic carbocycles. The summed E-state index contributed by atoms with van der Waals surface area (Å²) in [5.41, 5.74) is 1.99. The van der Waals surface area contributed by atoms with Crippen molar-refractivity contribution in [1.82, 2.24) is 0 Å². The van der Waals surface area contributed by atoms with Crippen LogP contribution in [0.4, 0.5) is 0 Å². The van der Waals surface area contributed by atoms with Gasteiger partial charge in [0.1, 0.15) is 11.8 Å². The van der Waals surface area contributed by atoms with Gasteiger partial charge in [-0.25, -0.2) is 0 Å². The summed E-state index contributed by atoms with van der Waals surface area (Å²) in [5.74, 6) is 0.801. The summed E-state index contributed by atoms with van der Waals surface area (Å²) >= 11 is 0. The maximum Gasteiger partial charge on any atom is 0.163 e. The Balaban J connectivity index is 0.000000391. The number of benzene rings is 2. The van der Waals surface area contributed by atoms with Gasteiger partial charge in [-0.1, -0.05) is 132 Å². The third kappa shape index (κ3) is 14.5. The SMILES string of the molecule is CCCCC(CCC(C)O)CC(=O)c1ccccc1.CCCCC(CCCC)C(O)C(=NO)c1ccccc1. The number of oxime groups is 1. The largest absolute Gasteiger partial charge is 0.411 e. The van der Waals surface area contributed by atoms with E-state index in [0.717, 1.165) is 81.8 Å². The standard InChI is InChI=1S/C17H27NO2.C17H26O2/c1-3-5-10-15(11-6-4-2)17(19)16(18-20)14-12-8-7-9-13-14;1-3-4-8-15(12-11-14(2)18)13-17(19)16-9-6-5-7-10-16/h7-9,12-13,15,17,19-20H,3-6,10-11H2,1-2H3;5-7,9-10,14-15,18H,3-4,8,11-13H2,1-2H3. The molecule has 5 nitrogen and oxygen atoms in total. The fraction of sp³-hybridized carbons (Fsp3) is 0.588. The predicted molar refractivity (Wildman–Crippen MR) is 163 cm³/mol. The molecule has 0 heterocycles. The average Bonchev–Trinajstić information content (AvgIpc) is 2.96. The summed E-state index contributed by atoms with van der Waals surface area (Å²) in [5, 5.41) is 32.6. The number of carbonyl (C=O) groups excluding carboxylic acids is 1. The minimum Gasteiger partial charge on any atom is -0.411 e.